The van der Waals surface area contributed by atoms with E-state index in [0.29, 0.717) is 42.9 Å². The summed E-state index contributed by atoms with van der Waals surface area (Å²) < 4.78 is 6.04. The molecule has 2 atom stereocenters. The maximum Gasteiger partial charge on any atom is 0.317 e. The Bertz CT molecular complexity index is 902. The Kier molecular flexibility index (Phi) is 8.82. The first kappa shape index (κ1) is 24.4. The first-order valence-electron chi connectivity index (χ1n) is 11.2. The van der Waals surface area contributed by atoms with Crippen LogP contribution in [-0.2, 0) is 11.2 Å². The van der Waals surface area contributed by atoms with Crippen LogP contribution in [0.25, 0.3) is 0 Å². The van der Waals surface area contributed by atoms with Gasteiger partial charge in [0.2, 0.25) is 5.91 Å². The summed E-state index contributed by atoms with van der Waals surface area (Å²) in [5, 5.41) is 5.56. The van der Waals surface area contributed by atoms with Gasteiger partial charge in [0, 0.05) is 29.5 Å². The summed E-state index contributed by atoms with van der Waals surface area (Å²) in [7, 11) is 0. The molecular weight excluding hydrogens is 446 g/mol. The van der Waals surface area contributed by atoms with Crippen LogP contribution in [0.2, 0.25) is 5.02 Å². The molecule has 0 aliphatic carbocycles. The fraction of sp³-hybridized carbons (Fsp3) is 0.500. The molecule has 0 saturated carbocycles. The van der Waals surface area contributed by atoms with Crippen molar-refractivity contribution in [3.05, 3.63) is 51.2 Å². The quantitative estimate of drug-likeness (QED) is 0.553. The number of nitrogens with one attached hydrogen (secondary N) is 1. The van der Waals surface area contributed by atoms with E-state index in [1.807, 2.05) is 24.0 Å². The van der Waals surface area contributed by atoms with Crippen LogP contribution in [-0.4, -0.2) is 54.5 Å². The second-order valence-electron chi connectivity index (χ2n) is 8.15. The van der Waals surface area contributed by atoms with Crippen LogP contribution in [0, 0.1) is 5.92 Å². The summed E-state index contributed by atoms with van der Waals surface area (Å²) in [6.07, 6.45) is 1.77. The van der Waals surface area contributed by atoms with E-state index in [2.05, 4.69) is 30.6 Å². The number of hydrogen-bond donors (Lipinski definition) is 1. The van der Waals surface area contributed by atoms with Gasteiger partial charge in [0.1, 0.15) is 18.9 Å². The lowest BCUT2D eigenvalue weighted by Gasteiger charge is -2.37. The molecule has 174 valence electrons. The van der Waals surface area contributed by atoms with Crippen LogP contribution in [0.15, 0.2) is 35.7 Å². The van der Waals surface area contributed by atoms with Crippen LogP contribution in [0.4, 0.5) is 4.79 Å². The summed E-state index contributed by atoms with van der Waals surface area (Å²) in [5.41, 5.74) is 1.13. The van der Waals surface area contributed by atoms with Gasteiger partial charge in [-0.3, -0.25) is 4.79 Å². The third-order valence-corrected chi connectivity index (χ3v) is 7.06. The van der Waals surface area contributed by atoms with Gasteiger partial charge in [-0.05, 0) is 60.5 Å². The van der Waals surface area contributed by atoms with Gasteiger partial charge in [-0.2, -0.15) is 0 Å². The minimum atomic E-state index is -0.191. The molecule has 2 heterocycles. The van der Waals surface area contributed by atoms with Crippen molar-refractivity contribution in [2.24, 2.45) is 5.92 Å². The number of nitrogens with zero attached hydrogens (tertiary/aromatic N) is 2. The fourth-order valence-corrected chi connectivity index (χ4v) is 4.88. The van der Waals surface area contributed by atoms with Crippen molar-refractivity contribution in [1.29, 1.82) is 0 Å². The Morgan fingerprint density at radius 2 is 2.03 bits per heavy atom. The SMILES string of the molecule is CCNC(=O)N(CC(=O)N1CCc2sccc2[C@H]1COc1ccc(Cl)cc1)C[C@H](C)CC. The lowest BCUT2D eigenvalue weighted by atomic mass is 10.00. The van der Waals surface area contributed by atoms with Gasteiger partial charge in [0.05, 0.1) is 6.04 Å². The third kappa shape index (κ3) is 6.17. The van der Waals surface area contributed by atoms with E-state index in [9.17, 15) is 9.59 Å². The van der Waals surface area contributed by atoms with Gasteiger partial charge >= 0.3 is 6.03 Å². The van der Waals surface area contributed by atoms with E-state index >= 15 is 0 Å². The number of carbonyl (C=O) groups is 2. The molecule has 1 aromatic heterocycles. The zero-order chi connectivity index (χ0) is 23.1. The van der Waals surface area contributed by atoms with Gasteiger partial charge in [-0.25, -0.2) is 4.79 Å². The third-order valence-electron chi connectivity index (χ3n) is 5.81. The monoisotopic (exact) mass is 477 g/mol. The van der Waals surface area contributed by atoms with Crippen LogP contribution in [0.1, 0.15) is 43.7 Å². The van der Waals surface area contributed by atoms with Crippen molar-refractivity contribution < 1.29 is 14.3 Å². The van der Waals surface area contributed by atoms with E-state index in [4.69, 9.17) is 16.3 Å². The molecule has 3 amide bonds. The maximum atomic E-state index is 13.4. The molecule has 8 heteroatoms. The highest BCUT2D eigenvalue weighted by atomic mass is 35.5. The van der Waals surface area contributed by atoms with E-state index in [1.54, 1.807) is 28.4 Å². The summed E-state index contributed by atoms with van der Waals surface area (Å²) in [6.45, 7) is 8.19. The zero-order valence-electron chi connectivity index (χ0n) is 19.0. The minimum absolute atomic E-state index is 0.0545. The molecular formula is C24H32ClN3O3S. The highest BCUT2D eigenvalue weighted by Gasteiger charge is 2.33. The average Bonchev–Trinajstić information content (AvgIpc) is 3.27. The summed E-state index contributed by atoms with van der Waals surface area (Å²) in [4.78, 5) is 30.8. The van der Waals surface area contributed by atoms with Gasteiger partial charge in [0.15, 0.2) is 0 Å². The number of hydrogen-bond acceptors (Lipinski definition) is 4. The fourth-order valence-electron chi connectivity index (χ4n) is 3.82. The molecule has 1 aromatic carbocycles. The van der Waals surface area contributed by atoms with Crippen LogP contribution in [0.3, 0.4) is 0 Å². The highest BCUT2D eigenvalue weighted by molar-refractivity contribution is 7.10. The molecule has 0 fully saturated rings. The van der Waals surface area contributed by atoms with Crippen molar-refractivity contribution in [3.8, 4) is 5.75 Å². The second kappa shape index (κ2) is 11.6. The molecule has 0 radical (unpaired) electrons. The first-order valence-corrected chi connectivity index (χ1v) is 12.5. The van der Waals surface area contributed by atoms with Crippen molar-refractivity contribution in [1.82, 2.24) is 15.1 Å². The highest BCUT2D eigenvalue weighted by Crippen LogP contribution is 2.34. The number of benzene rings is 1. The standard InChI is InChI=1S/C24H32ClN3O3S/c1-4-17(3)14-27(24(30)26-5-2)15-23(29)28-12-10-22-20(11-13-32-22)21(28)16-31-19-8-6-18(25)7-9-19/h6-9,11,13,17,21H,4-5,10,12,14-16H2,1-3H3,(H,26,30)/t17-,21-/m1/s1. The van der Waals surface area contributed by atoms with Crippen LogP contribution >= 0.6 is 22.9 Å². The zero-order valence-corrected chi connectivity index (χ0v) is 20.5. The van der Waals surface area contributed by atoms with Crippen molar-refractivity contribution in [3.63, 3.8) is 0 Å². The maximum absolute atomic E-state index is 13.4. The molecule has 1 N–H and O–H groups in total. The first-order chi connectivity index (χ1) is 15.4. The Balaban J connectivity index is 1.75. The topological polar surface area (TPSA) is 61.9 Å². The number of fused-ring (bicyclic) bond motifs is 1. The second-order valence-corrected chi connectivity index (χ2v) is 9.58. The van der Waals surface area contributed by atoms with Gasteiger partial charge in [0.25, 0.3) is 0 Å². The lowest BCUT2D eigenvalue weighted by molar-refractivity contribution is -0.135. The van der Waals surface area contributed by atoms with Crippen LogP contribution in [0.5, 0.6) is 5.75 Å². The van der Waals surface area contributed by atoms with Crippen molar-refractivity contribution in [2.45, 2.75) is 39.7 Å². The van der Waals surface area contributed by atoms with Gasteiger partial charge in [-0.1, -0.05) is 31.9 Å². The van der Waals surface area contributed by atoms with E-state index in [0.717, 1.165) is 18.4 Å². The van der Waals surface area contributed by atoms with E-state index in [-0.39, 0.29) is 24.5 Å². The molecule has 0 unspecified atom stereocenters. The number of carbonyl (C=O) groups excluding carboxylic acids is 2. The molecule has 0 saturated heterocycles. The molecule has 6 nitrogen and oxygen atoms in total. The molecule has 32 heavy (non-hydrogen) atoms. The molecule has 1 aliphatic rings. The Morgan fingerprint density at radius 1 is 1.28 bits per heavy atom. The number of rotatable bonds is 9. The lowest BCUT2D eigenvalue weighted by Crippen LogP contribution is -2.50. The molecule has 0 spiro atoms. The number of amides is 3. The molecule has 2 aromatic rings. The number of thiophene rings is 1. The molecule has 1 aliphatic heterocycles. The smallest absolute Gasteiger partial charge is 0.317 e. The number of urea groups is 1. The normalized spacial score (nSPS) is 16.2. The predicted octanol–water partition coefficient (Wildman–Crippen LogP) is 4.98. The van der Waals surface area contributed by atoms with E-state index < -0.39 is 0 Å². The summed E-state index contributed by atoms with van der Waals surface area (Å²) in [5.74, 6) is 0.977. The average molecular weight is 478 g/mol. The summed E-state index contributed by atoms with van der Waals surface area (Å²) in [6, 6.07) is 8.93. The minimum Gasteiger partial charge on any atom is -0.491 e. The molecule has 3 rings (SSSR count). The number of halogens is 1. The van der Waals surface area contributed by atoms with Gasteiger partial charge in [-0.15, -0.1) is 11.3 Å². The molecule has 0 bridgehead atoms. The predicted molar refractivity (Wildman–Crippen MR) is 130 cm³/mol. The van der Waals surface area contributed by atoms with Gasteiger partial charge < -0.3 is 19.9 Å². The Hall–Kier alpha value is -2.25. The number of ether oxygens (including phenoxy) is 1. The van der Waals surface area contributed by atoms with Crippen molar-refractivity contribution >= 4 is 34.9 Å². The van der Waals surface area contributed by atoms with Crippen LogP contribution < -0.4 is 10.1 Å². The Labute approximate surface area is 199 Å². The van der Waals surface area contributed by atoms with Crippen molar-refractivity contribution in [2.75, 3.05) is 32.8 Å². The Morgan fingerprint density at radius 3 is 2.72 bits per heavy atom. The largest absolute Gasteiger partial charge is 0.491 e. The summed E-state index contributed by atoms with van der Waals surface area (Å²) >= 11 is 7.69. The van der Waals surface area contributed by atoms with E-state index in [1.165, 1.54) is 4.88 Å².